The van der Waals surface area contributed by atoms with E-state index in [1.807, 2.05) is 0 Å². The molecule has 4 aromatic rings. The second-order valence-corrected chi connectivity index (χ2v) is 27.2. The Kier molecular flexibility index (Phi) is 16.4. The van der Waals surface area contributed by atoms with E-state index in [1.165, 1.54) is 44.5 Å². The molecule has 8 aliphatic carbocycles. The minimum Gasteiger partial charge on any atom is -0.103 e. The predicted molar refractivity (Wildman–Crippen MR) is 351 cm³/mol. The average Bonchev–Trinajstić information content (AvgIpc) is 4.55. The normalized spacial score (nSPS) is 23.1. The van der Waals surface area contributed by atoms with Crippen molar-refractivity contribution in [2.75, 3.05) is 0 Å². The highest BCUT2D eigenvalue weighted by molar-refractivity contribution is 5.44. The molecule has 0 nitrogen and oxygen atoms in total. The Morgan fingerprint density at radius 2 is 0.305 bits per heavy atom. The lowest BCUT2D eigenvalue weighted by Crippen LogP contribution is -2.25. The molecular weight excluding hydrogens is 985 g/mol. The summed E-state index contributed by atoms with van der Waals surface area (Å²) >= 11 is 0. The van der Waals surface area contributed by atoms with Crippen molar-refractivity contribution in [1.82, 2.24) is 0 Å². The smallest absolute Gasteiger partial charge is 0.00563 e. The summed E-state index contributed by atoms with van der Waals surface area (Å²) in [5, 5.41) is 0. The predicted octanol–water partition coefficient (Wildman–Crippen LogP) is 21.7. The van der Waals surface area contributed by atoms with E-state index in [2.05, 4.69) is 256 Å². The van der Waals surface area contributed by atoms with Gasteiger partial charge in [-0.25, -0.2) is 0 Å². The fourth-order valence-electron chi connectivity index (χ4n) is 16.9. The molecule has 0 spiro atoms. The van der Waals surface area contributed by atoms with E-state index in [1.54, 1.807) is 0 Å². The van der Waals surface area contributed by atoms with Gasteiger partial charge in [0, 0.05) is 43.3 Å². The summed E-state index contributed by atoms with van der Waals surface area (Å²) in [6.07, 6.45) is 84.4. The molecule has 82 heavy (non-hydrogen) atoms. The molecule has 0 atom stereocenters. The van der Waals surface area contributed by atoms with Gasteiger partial charge in [0.2, 0.25) is 0 Å². The molecule has 0 aliphatic heterocycles. The molecule has 0 unspecified atom stereocenters. The van der Waals surface area contributed by atoms with Crippen molar-refractivity contribution in [3.63, 3.8) is 0 Å². The van der Waals surface area contributed by atoms with E-state index >= 15 is 0 Å². The van der Waals surface area contributed by atoms with Crippen molar-refractivity contribution < 1.29 is 0 Å². The fourth-order valence-corrected chi connectivity index (χ4v) is 16.9. The third-order valence-corrected chi connectivity index (χ3v) is 22.5. The molecule has 0 fully saturated rings. The zero-order valence-electron chi connectivity index (χ0n) is 49.5. The summed E-state index contributed by atoms with van der Waals surface area (Å²) in [6.45, 7) is 8.22. The zero-order valence-corrected chi connectivity index (χ0v) is 49.5. The number of allylic oxidation sites excluding steroid dienone is 24. The number of benzene rings is 4. The Bertz CT molecular complexity index is 2940. The minimum absolute atomic E-state index is 0.126. The van der Waals surface area contributed by atoms with Crippen molar-refractivity contribution in [1.29, 1.82) is 0 Å². The third kappa shape index (κ3) is 10.9. The first-order valence-corrected chi connectivity index (χ1v) is 32.1. The molecule has 0 saturated carbocycles. The molecule has 0 bridgehead atoms. The molecule has 420 valence electrons. The van der Waals surface area contributed by atoms with E-state index < -0.39 is 0 Å². The van der Waals surface area contributed by atoms with Crippen molar-refractivity contribution in [2.24, 2.45) is 0 Å². The Morgan fingerprint density at radius 3 is 0.415 bits per heavy atom. The lowest BCUT2D eigenvalue weighted by molar-refractivity contribution is 0.444. The van der Waals surface area contributed by atoms with Gasteiger partial charge in [-0.3, -0.25) is 0 Å². The monoisotopic (exact) mass is 1080 g/mol. The van der Waals surface area contributed by atoms with Crippen molar-refractivity contribution in [3.05, 3.63) is 301 Å². The lowest BCUT2D eigenvalue weighted by Gasteiger charge is -2.33. The van der Waals surface area contributed by atoms with Gasteiger partial charge in [0.05, 0.1) is 0 Å². The Morgan fingerprint density at radius 1 is 0.195 bits per heavy atom. The van der Waals surface area contributed by atoms with Crippen molar-refractivity contribution >= 4 is 0 Å². The summed E-state index contributed by atoms with van der Waals surface area (Å²) in [6, 6.07) is 39.6. The largest absolute Gasteiger partial charge is 0.103 e. The van der Waals surface area contributed by atoms with E-state index in [0.29, 0.717) is 0 Å². The van der Waals surface area contributed by atoms with Crippen LogP contribution in [0, 0.1) is 0 Å². The van der Waals surface area contributed by atoms with Crippen LogP contribution in [-0.4, -0.2) is 0 Å². The molecule has 0 N–H and O–H groups in total. The van der Waals surface area contributed by atoms with Crippen molar-refractivity contribution in [3.8, 4) is 0 Å². The average molecular weight is 1080 g/mol. The highest BCUT2D eigenvalue weighted by Gasteiger charge is 2.40. The highest BCUT2D eigenvalue weighted by atomic mass is 14.4. The third-order valence-electron chi connectivity index (χ3n) is 22.5. The van der Waals surface area contributed by atoms with E-state index in [4.69, 9.17) is 0 Å². The van der Waals surface area contributed by atoms with Crippen LogP contribution in [0.15, 0.2) is 256 Å². The first-order valence-electron chi connectivity index (χ1n) is 32.1. The standard InChI is InChI=1S/C82H92/c1-3-43-75(45-5-6-46-75)67-27-31-69(32-28-67)77(49-9-10-50-77)53-13-15-55-79(57-17-18-58-79)71-35-39-73(40-36-71)81(61-21-22-62-81)65-25-26-66-82(63-23-24-64-82)74-41-37-72(38-42-74)80(59-19-20-60-80)56-16-14-54-78(51-11-12-52-78)70-33-29-68(30-34-70)76(44-4-2)47-7-8-48-76/h3-42H,1-2,43-66H2/b15-13+,16-14+,26-25+. The van der Waals surface area contributed by atoms with Crippen molar-refractivity contribution in [2.45, 2.75) is 197 Å². The maximum absolute atomic E-state index is 4.11. The molecular formula is C82H92. The Labute approximate surface area is 495 Å². The van der Waals surface area contributed by atoms with Crippen LogP contribution in [0.2, 0.25) is 0 Å². The van der Waals surface area contributed by atoms with Gasteiger partial charge in [-0.15, -0.1) is 13.2 Å². The molecule has 0 radical (unpaired) electrons. The maximum atomic E-state index is 4.11. The molecule has 0 amide bonds. The highest BCUT2D eigenvalue weighted by Crippen LogP contribution is 2.50. The molecule has 0 heteroatoms. The molecule has 8 aliphatic rings. The van der Waals surface area contributed by atoms with Gasteiger partial charge in [-0.1, -0.05) is 243 Å². The van der Waals surface area contributed by atoms with Gasteiger partial charge in [0.25, 0.3) is 0 Å². The van der Waals surface area contributed by atoms with Crippen LogP contribution >= 0.6 is 0 Å². The van der Waals surface area contributed by atoms with E-state index in [0.717, 1.165) is 154 Å². The van der Waals surface area contributed by atoms with E-state index in [-0.39, 0.29) is 43.3 Å². The molecule has 0 saturated heterocycles. The van der Waals surface area contributed by atoms with Gasteiger partial charge in [0.15, 0.2) is 0 Å². The van der Waals surface area contributed by atoms with Gasteiger partial charge in [-0.2, -0.15) is 0 Å². The second kappa shape index (κ2) is 24.0. The summed E-state index contributed by atoms with van der Waals surface area (Å²) < 4.78 is 0. The molecule has 4 aromatic carbocycles. The van der Waals surface area contributed by atoms with Gasteiger partial charge >= 0.3 is 0 Å². The quantitative estimate of drug-likeness (QED) is 0.0614. The van der Waals surface area contributed by atoms with Gasteiger partial charge < -0.3 is 0 Å². The first kappa shape index (κ1) is 56.0. The number of rotatable bonds is 24. The maximum Gasteiger partial charge on any atom is 0.00563 e. The molecule has 12 rings (SSSR count). The van der Waals surface area contributed by atoms with Crippen LogP contribution in [-0.2, 0) is 43.3 Å². The number of hydrogen-bond acceptors (Lipinski definition) is 0. The number of hydrogen-bond donors (Lipinski definition) is 0. The summed E-state index contributed by atoms with van der Waals surface area (Å²) in [4.78, 5) is 0. The lowest BCUT2D eigenvalue weighted by atomic mass is 9.70. The topological polar surface area (TPSA) is 0 Å². The summed E-state index contributed by atoms with van der Waals surface area (Å²) in [5.74, 6) is 0. The van der Waals surface area contributed by atoms with Crippen LogP contribution in [0.3, 0.4) is 0 Å². The SMILES string of the molecule is C=CCC1(c2ccc(C3(C/C=C/CC4(c5ccc(C6(C/C=C/CC7(c8ccc(C9(C/C=C/CC%10(c%11ccc(C%12(CC=C)CC=CC%12)cc%11)CC=CC%10)CC=CC9)cc8)CC=CC7)CC=CC6)cc5)CC=CC4)CC=CC3)cc2)CC=CC1. The Balaban J connectivity index is 0.674. The van der Waals surface area contributed by atoms with Crippen LogP contribution in [0.1, 0.15) is 199 Å². The minimum atomic E-state index is 0.126. The van der Waals surface area contributed by atoms with E-state index in [9.17, 15) is 0 Å². The molecule has 0 heterocycles. The molecule has 0 aromatic heterocycles. The fraction of sp³-hybridized carbons (Fsp3) is 0.390. The first-order chi connectivity index (χ1) is 40.2. The Hall–Kier alpha value is -6.50. The summed E-state index contributed by atoms with van der Waals surface area (Å²) in [7, 11) is 0. The van der Waals surface area contributed by atoms with Gasteiger partial charge in [0.1, 0.15) is 0 Å². The van der Waals surface area contributed by atoms with Crippen LogP contribution in [0.4, 0.5) is 0 Å². The van der Waals surface area contributed by atoms with Crippen LogP contribution in [0.5, 0.6) is 0 Å². The van der Waals surface area contributed by atoms with Crippen LogP contribution in [0.25, 0.3) is 0 Å². The van der Waals surface area contributed by atoms with Gasteiger partial charge in [-0.05, 0) is 199 Å². The van der Waals surface area contributed by atoms with Crippen LogP contribution < -0.4 is 0 Å². The second-order valence-electron chi connectivity index (χ2n) is 27.2. The zero-order chi connectivity index (χ0) is 55.9. The summed E-state index contributed by atoms with van der Waals surface area (Å²) in [5.41, 5.74) is 13.1.